The second kappa shape index (κ2) is 6.61. The minimum atomic E-state index is 0.0821. The quantitative estimate of drug-likeness (QED) is 0.727. The highest BCUT2D eigenvalue weighted by Gasteiger charge is 2.21. The SMILES string of the molecule is COc1c(CCCCC#N)cc(C)cc1C(C)(C)C. The third-order valence-electron chi connectivity index (χ3n) is 3.31. The first-order chi connectivity index (χ1) is 8.90. The van der Waals surface area contributed by atoms with Crippen molar-refractivity contribution in [2.45, 2.75) is 58.8 Å². The zero-order chi connectivity index (χ0) is 14.5. The van der Waals surface area contributed by atoms with E-state index in [1.165, 1.54) is 16.7 Å². The Morgan fingerprint density at radius 3 is 2.42 bits per heavy atom. The van der Waals surface area contributed by atoms with Crippen LogP contribution in [0.3, 0.4) is 0 Å². The summed E-state index contributed by atoms with van der Waals surface area (Å²) in [7, 11) is 1.75. The molecule has 0 saturated heterocycles. The smallest absolute Gasteiger partial charge is 0.125 e. The maximum Gasteiger partial charge on any atom is 0.125 e. The van der Waals surface area contributed by atoms with Crippen LogP contribution in [0.1, 0.15) is 56.7 Å². The predicted molar refractivity (Wildman–Crippen MR) is 79.6 cm³/mol. The lowest BCUT2D eigenvalue weighted by molar-refractivity contribution is 0.391. The average molecular weight is 259 g/mol. The van der Waals surface area contributed by atoms with Gasteiger partial charge in [-0.3, -0.25) is 0 Å². The molecular formula is C17H25NO. The van der Waals surface area contributed by atoms with Gasteiger partial charge in [-0.1, -0.05) is 38.5 Å². The Labute approximate surface area is 117 Å². The van der Waals surface area contributed by atoms with E-state index in [0.717, 1.165) is 25.0 Å². The first-order valence-electron chi connectivity index (χ1n) is 6.95. The summed E-state index contributed by atoms with van der Waals surface area (Å²) < 4.78 is 5.65. The van der Waals surface area contributed by atoms with Crippen LogP contribution < -0.4 is 4.74 Å². The van der Waals surface area contributed by atoms with Gasteiger partial charge in [0.2, 0.25) is 0 Å². The molecule has 0 fully saturated rings. The van der Waals surface area contributed by atoms with Crippen molar-refractivity contribution in [3.05, 3.63) is 28.8 Å². The minimum absolute atomic E-state index is 0.0821. The largest absolute Gasteiger partial charge is 0.496 e. The molecule has 0 saturated carbocycles. The maximum absolute atomic E-state index is 8.58. The molecule has 104 valence electrons. The molecule has 2 heteroatoms. The molecule has 0 aliphatic rings. The summed E-state index contributed by atoms with van der Waals surface area (Å²) in [6.07, 6.45) is 3.62. The fourth-order valence-corrected chi connectivity index (χ4v) is 2.35. The highest BCUT2D eigenvalue weighted by Crippen LogP contribution is 2.35. The predicted octanol–water partition coefficient (Wildman–Crippen LogP) is 4.54. The van der Waals surface area contributed by atoms with Gasteiger partial charge in [0.05, 0.1) is 13.2 Å². The molecule has 0 atom stereocenters. The zero-order valence-corrected chi connectivity index (χ0v) is 12.8. The summed E-state index contributed by atoms with van der Waals surface area (Å²) in [5, 5.41) is 8.58. The normalized spacial score (nSPS) is 11.2. The molecule has 0 aromatic heterocycles. The number of hydrogen-bond acceptors (Lipinski definition) is 2. The summed E-state index contributed by atoms with van der Waals surface area (Å²) in [5.74, 6) is 1.02. The van der Waals surface area contributed by atoms with Gasteiger partial charge in [-0.25, -0.2) is 0 Å². The number of benzene rings is 1. The van der Waals surface area contributed by atoms with Crippen molar-refractivity contribution in [2.75, 3.05) is 7.11 Å². The van der Waals surface area contributed by atoms with Gasteiger partial charge in [-0.15, -0.1) is 0 Å². The Bertz CT molecular complexity index is 463. The first kappa shape index (κ1) is 15.6. The van der Waals surface area contributed by atoms with Gasteiger partial charge in [0.25, 0.3) is 0 Å². The maximum atomic E-state index is 8.58. The van der Waals surface area contributed by atoms with Gasteiger partial charge in [-0.05, 0) is 37.2 Å². The average Bonchev–Trinajstić information content (AvgIpc) is 2.33. The Morgan fingerprint density at radius 2 is 1.89 bits per heavy atom. The van der Waals surface area contributed by atoms with Crippen LogP contribution in [-0.2, 0) is 11.8 Å². The summed E-state index contributed by atoms with van der Waals surface area (Å²) in [5.41, 5.74) is 3.90. The van der Waals surface area contributed by atoms with Crippen LogP contribution in [0.2, 0.25) is 0 Å². The van der Waals surface area contributed by atoms with E-state index in [0.29, 0.717) is 6.42 Å². The van der Waals surface area contributed by atoms with Crippen LogP contribution in [0.25, 0.3) is 0 Å². The van der Waals surface area contributed by atoms with E-state index in [2.05, 4.69) is 45.9 Å². The van der Waals surface area contributed by atoms with Crippen molar-refractivity contribution in [1.82, 2.24) is 0 Å². The highest BCUT2D eigenvalue weighted by atomic mass is 16.5. The van der Waals surface area contributed by atoms with E-state index >= 15 is 0 Å². The zero-order valence-electron chi connectivity index (χ0n) is 12.8. The molecule has 0 unspecified atom stereocenters. The van der Waals surface area contributed by atoms with Gasteiger partial charge in [0, 0.05) is 12.0 Å². The Hall–Kier alpha value is -1.49. The summed E-state index contributed by atoms with van der Waals surface area (Å²) >= 11 is 0. The molecule has 2 nitrogen and oxygen atoms in total. The third kappa shape index (κ3) is 4.28. The highest BCUT2D eigenvalue weighted by molar-refractivity contribution is 5.47. The summed E-state index contributed by atoms with van der Waals surface area (Å²) in [6, 6.07) is 6.63. The van der Waals surface area contributed by atoms with Crippen molar-refractivity contribution >= 4 is 0 Å². The Balaban J connectivity index is 3.03. The molecule has 0 bridgehead atoms. The molecule has 0 N–H and O–H groups in total. The Morgan fingerprint density at radius 1 is 1.21 bits per heavy atom. The molecule has 0 heterocycles. The van der Waals surface area contributed by atoms with Crippen LogP contribution in [-0.4, -0.2) is 7.11 Å². The lowest BCUT2D eigenvalue weighted by atomic mass is 9.83. The number of hydrogen-bond donors (Lipinski definition) is 0. The van der Waals surface area contributed by atoms with E-state index in [-0.39, 0.29) is 5.41 Å². The first-order valence-corrected chi connectivity index (χ1v) is 6.95. The van der Waals surface area contributed by atoms with E-state index < -0.39 is 0 Å². The fourth-order valence-electron chi connectivity index (χ4n) is 2.35. The number of ether oxygens (including phenoxy) is 1. The second-order valence-electron chi connectivity index (χ2n) is 6.12. The summed E-state index contributed by atoms with van der Waals surface area (Å²) in [6.45, 7) is 8.77. The number of unbranched alkanes of at least 4 members (excludes halogenated alkanes) is 2. The van der Waals surface area contributed by atoms with Crippen molar-refractivity contribution in [2.24, 2.45) is 0 Å². The summed E-state index contributed by atoms with van der Waals surface area (Å²) in [4.78, 5) is 0. The van der Waals surface area contributed by atoms with Crippen LogP contribution >= 0.6 is 0 Å². The number of nitriles is 1. The van der Waals surface area contributed by atoms with Crippen LogP contribution in [0.5, 0.6) is 5.75 Å². The van der Waals surface area contributed by atoms with Gasteiger partial charge in [0.1, 0.15) is 5.75 Å². The second-order valence-corrected chi connectivity index (χ2v) is 6.12. The lowest BCUT2D eigenvalue weighted by Gasteiger charge is -2.25. The van der Waals surface area contributed by atoms with Crippen LogP contribution in [0.15, 0.2) is 12.1 Å². The molecule has 1 aromatic carbocycles. The molecule has 0 spiro atoms. The molecule has 0 aliphatic carbocycles. The molecule has 1 rings (SSSR count). The van der Waals surface area contributed by atoms with Crippen molar-refractivity contribution in [3.8, 4) is 11.8 Å². The Kier molecular flexibility index (Phi) is 5.42. The van der Waals surface area contributed by atoms with E-state index in [4.69, 9.17) is 10.00 Å². The minimum Gasteiger partial charge on any atom is -0.496 e. The van der Waals surface area contributed by atoms with Gasteiger partial charge >= 0.3 is 0 Å². The molecule has 0 amide bonds. The van der Waals surface area contributed by atoms with Crippen molar-refractivity contribution in [1.29, 1.82) is 5.26 Å². The number of rotatable bonds is 5. The van der Waals surface area contributed by atoms with Crippen LogP contribution in [0.4, 0.5) is 0 Å². The van der Waals surface area contributed by atoms with E-state index in [1.807, 2.05) is 0 Å². The van der Waals surface area contributed by atoms with Crippen molar-refractivity contribution in [3.63, 3.8) is 0 Å². The lowest BCUT2D eigenvalue weighted by Crippen LogP contribution is -2.14. The standard InChI is InChI=1S/C17H25NO/c1-13-11-14(9-7-6-8-10-18)16(19-5)15(12-13)17(2,3)4/h11-12H,6-9H2,1-5H3. The topological polar surface area (TPSA) is 33.0 Å². The van der Waals surface area contributed by atoms with Crippen LogP contribution in [0, 0.1) is 18.3 Å². The van der Waals surface area contributed by atoms with Gasteiger partial charge in [-0.2, -0.15) is 5.26 Å². The molecule has 19 heavy (non-hydrogen) atoms. The number of nitrogens with zero attached hydrogens (tertiary/aromatic N) is 1. The van der Waals surface area contributed by atoms with E-state index in [1.54, 1.807) is 7.11 Å². The molecular weight excluding hydrogens is 234 g/mol. The number of methoxy groups -OCH3 is 1. The molecule has 1 aromatic rings. The monoisotopic (exact) mass is 259 g/mol. The van der Waals surface area contributed by atoms with Gasteiger partial charge < -0.3 is 4.74 Å². The number of aryl methyl sites for hydroxylation is 2. The molecule has 0 aliphatic heterocycles. The van der Waals surface area contributed by atoms with Gasteiger partial charge in [0.15, 0.2) is 0 Å². The van der Waals surface area contributed by atoms with E-state index in [9.17, 15) is 0 Å². The third-order valence-corrected chi connectivity index (χ3v) is 3.31. The van der Waals surface area contributed by atoms with Crippen molar-refractivity contribution < 1.29 is 4.74 Å². The molecule has 0 radical (unpaired) electrons. The fraction of sp³-hybridized carbons (Fsp3) is 0.588.